The highest BCUT2D eigenvalue weighted by Gasteiger charge is 2.26. The number of nitrogens with zero attached hydrogens (tertiary/aromatic N) is 5. The number of carbonyl (C=O) groups excluding carboxylic acids is 1. The van der Waals surface area contributed by atoms with E-state index in [4.69, 9.17) is 0 Å². The second-order valence-corrected chi connectivity index (χ2v) is 6.70. The van der Waals surface area contributed by atoms with Crippen LogP contribution >= 0.6 is 0 Å². The van der Waals surface area contributed by atoms with Gasteiger partial charge in [0.05, 0.1) is 23.3 Å². The van der Waals surface area contributed by atoms with Crippen LogP contribution in [0, 0.1) is 0 Å². The van der Waals surface area contributed by atoms with Crippen molar-refractivity contribution < 1.29 is 4.79 Å². The largest absolute Gasteiger partial charge is 0.351 e. The summed E-state index contributed by atoms with van der Waals surface area (Å²) in [6.07, 6.45) is 8.78. The number of aromatic nitrogens is 4. The Kier molecular flexibility index (Phi) is 5.08. The zero-order chi connectivity index (χ0) is 18.6. The van der Waals surface area contributed by atoms with Crippen molar-refractivity contribution in [1.82, 2.24) is 35.1 Å². The smallest absolute Gasteiger partial charge is 0.252 e. The first-order valence-electron chi connectivity index (χ1n) is 9.12. The Bertz CT molecular complexity index is 938. The fraction of sp³-hybridized carbons (Fsp3) is 0.368. The van der Waals surface area contributed by atoms with Gasteiger partial charge in [-0.15, -0.1) is 0 Å². The summed E-state index contributed by atoms with van der Waals surface area (Å²) in [5.74, 6) is 0.936. The number of hydrogen-bond acceptors (Lipinski definition) is 6. The van der Waals surface area contributed by atoms with E-state index in [-0.39, 0.29) is 11.9 Å². The van der Waals surface area contributed by atoms with Gasteiger partial charge in [-0.2, -0.15) is 0 Å². The molecule has 1 fully saturated rings. The van der Waals surface area contributed by atoms with Crippen molar-refractivity contribution in [3.8, 4) is 0 Å². The molecule has 1 aliphatic rings. The molecule has 140 valence electrons. The number of fused-ring (bicyclic) bond motifs is 1. The lowest BCUT2D eigenvalue weighted by molar-refractivity contribution is 0.0936. The first kappa shape index (κ1) is 17.6. The van der Waals surface area contributed by atoms with Crippen molar-refractivity contribution in [2.75, 3.05) is 32.7 Å². The summed E-state index contributed by atoms with van der Waals surface area (Å²) in [5, 5.41) is 7.35. The zero-order valence-electron chi connectivity index (χ0n) is 15.3. The molecule has 27 heavy (non-hydrogen) atoms. The van der Waals surface area contributed by atoms with E-state index >= 15 is 0 Å². The Labute approximate surface area is 157 Å². The maximum absolute atomic E-state index is 12.5. The van der Waals surface area contributed by atoms with Gasteiger partial charge in [0.1, 0.15) is 5.82 Å². The normalized spacial score (nSPS) is 17.9. The number of aryl methyl sites for hydroxylation is 1. The minimum atomic E-state index is -0.107. The van der Waals surface area contributed by atoms with Crippen LogP contribution in [0.25, 0.3) is 10.9 Å². The third-order valence-electron chi connectivity index (χ3n) is 4.94. The number of amides is 1. The summed E-state index contributed by atoms with van der Waals surface area (Å²) in [7, 11) is 2.01. The van der Waals surface area contributed by atoms with Gasteiger partial charge >= 0.3 is 0 Å². The Morgan fingerprint density at radius 1 is 1.33 bits per heavy atom. The first-order chi connectivity index (χ1) is 13.2. The molecule has 0 aromatic carbocycles. The molecule has 0 saturated carbocycles. The monoisotopic (exact) mass is 365 g/mol. The maximum Gasteiger partial charge on any atom is 0.252 e. The highest BCUT2D eigenvalue weighted by atomic mass is 16.1. The van der Waals surface area contributed by atoms with Crippen molar-refractivity contribution in [3.05, 3.63) is 54.5 Å². The average Bonchev–Trinajstić information content (AvgIpc) is 3.13. The fourth-order valence-corrected chi connectivity index (χ4v) is 3.48. The second kappa shape index (κ2) is 7.81. The van der Waals surface area contributed by atoms with Crippen molar-refractivity contribution in [2.45, 2.75) is 6.04 Å². The number of nitrogens with one attached hydrogen (secondary N) is 2. The molecule has 0 radical (unpaired) electrons. The zero-order valence-corrected chi connectivity index (χ0v) is 15.3. The summed E-state index contributed by atoms with van der Waals surface area (Å²) in [6.45, 7) is 4.08. The highest BCUT2D eigenvalue weighted by molar-refractivity contribution is 5.97. The molecule has 0 spiro atoms. The number of rotatable bonds is 5. The van der Waals surface area contributed by atoms with E-state index in [0.29, 0.717) is 12.1 Å². The van der Waals surface area contributed by atoms with E-state index in [1.165, 1.54) is 0 Å². The lowest BCUT2D eigenvalue weighted by Gasteiger charge is -2.35. The first-order valence-corrected chi connectivity index (χ1v) is 9.12. The molecule has 3 aromatic rings. The van der Waals surface area contributed by atoms with E-state index in [0.717, 1.165) is 42.9 Å². The molecule has 1 saturated heterocycles. The molecule has 0 aliphatic carbocycles. The van der Waals surface area contributed by atoms with Crippen molar-refractivity contribution in [1.29, 1.82) is 0 Å². The number of pyridine rings is 2. The van der Waals surface area contributed by atoms with Gasteiger partial charge in [0.25, 0.3) is 5.91 Å². The van der Waals surface area contributed by atoms with Crippen LogP contribution in [-0.4, -0.2) is 63.0 Å². The summed E-state index contributed by atoms with van der Waals surface area (Å²) >= 11 is 0. The minimum absolute atomic E-state index is 0.107. The Balaban J connectivity index is 1.37. The predicted octanol–water partition coefficient (Wildman–Crippen LogP) is 0.740. The molecule has 2 N–H and O–H groups in total. The topological polar surface area (TPSA) is 88.0 Å². The van der Waals surface area contributed by atoms with Crippen LogP contribution in [0.3, 0.4) is 0 Å². The number of carbonyl (C=O) groups is 1. The van der Waals surface area contributed by atoms with Gasteiger partial charge in [0.15, 0.2) is 0 Å². The van der Waals surface area contributed by atoms with E-state index in [9.17, 15) is 4.79 Å². The van der Waals surface area contributed by atoms with Gasteiger partial charge in [-0.1, -0.05) is 0 Å². The van der Waals surface area contributed by atoms with Crippen LogP contribution < -0.4 is 10.6 Å². The molecule has 0 bridgehead atoms. The van der Waals surface area contributed by atoms with Crippen LogP contribution in [0.2, 0.25) is 0 Å². The van der Waals surface area contributed by atoms with Crippen molar-refractivity contribution >= 4 is 16.8 Å². The molecule has 1 unspecified atom stereocenters. The van der Waals surface area contributed by atoms with Crippen LogP contribution in [0.4, 0.5) is 0 Å². The molecule has 8 heteroatoms. The van der Waals surface area contributed by atoms with Gasteiger partial charge in [0, 0.05) is 69.9 Å². The van der Waals surface area contributed by atoms with E-state index in [2.05, 4.69) is 35.1 Å². The molecule has 1 atom stereocenters. The standard InChI is InChI=1S/C19H23N7O/c1-25-7-5-22-18(25)17-13-21-4-8-26(17)9-6-23-19(27)15-10-14-2-3-20-12-16(14)24-11-15/h2-3,5,7,10-12,17,21H,4,6,8-9,13H2,1H3,(H,23,27). The van der Waals surface area contributed by atoms with Gasteiger partial charge < -0.3 is 15.2 Å². The lowest BCUT2D eigenvalue weighted by atomic mass is 10.1. The van der Waals surface area contributed by atoms with E-state index in [1.54, 1.807) is 18.6 Å². The minimum Gasteiger partial charge on any atom is -0.351 e. The van der Waals surface area contributed by atoms with Crippen LogP contribution in [0.15, 0.2) is 43.1 Å². The van der Waals surface area contributed by atoms with Gasteiger partial charge in [-0.25, -0.2) is 4.98 Å². The number of imidazole rings is 1. The average molecular weight is 365 g/mol. The summed E-state index contributed by atoms with van der Waals surface area (Å²) in [5.41, 5.74) is 1.35. The predicted molar refractivity (Wildman–Crippen MR) is 102 cm³/mol. The Hall–Kier alpha value is -2.84. The molecule has 1 amide bonds. The fourth-order valence-electron chi connectivity index (χ4n) is 3.48. The van der Waals surface area contributed by atoms with Gasteiger partial charge in [-0.3, -0.25) is 19.7 Å². The molecule has 4 rings (SSSR count). The molecular weight excluding hydrogens is 342 g/mol. The highest BCUT2D eigenvalue weighted by Crippen LogP contribution is 2.19. The quantitative estimate of drug-likeness (QED) is 0.693. The Morgan fingerprint density at radius 3 is 3.11 bits per heavy atom. The number of piperazine rings is 1. The maximum atomic E-state index is 12.5. The Morgan fingerprint density at radius 2 is 2.26 bits per heavy atom. The van der Waals surface area contributed by atoms with Crippen molar-refractivity contribution in [3.63, 3.8) is 0 Å². The van der Waals surface area contributed by atoms with Gasteiger partial charge in [0.2, 0.25) is 0 Å². The van der Waals surface area contributed by atoms with Crippen LogP contribution in [-0.2, 0) is 7.05 Å². The molecular formula is C19H23N7O. The van der Waals surface area contributed by atoms with Crippen LogP contribution in [0.1, 0.15) is 22.2 Å². The molecule has 4 heterocycles. The second-order valence-electron chi connectivity index (χ2n) is 6.70. The van der Waals surface area contributed by atoms with Crippen LogP contribution in [0.5, 0.6) is 0 Å². The SMILES string of the molecule is Cn1ccnc1C1CNCCN1CCNC(=O)c1cnc2cnccc2c1. The summed E-state index contributed by atoms with van der Waals surface area (Å²) in [4.78, 5) is 27.7. The third kappa shape index (κ3) is 3.81. The van der Waals surface area contributed by atoms with E-state index in [1.807, 2.05) is 31.6 Å². The van der Waals surface area contributed by atoms with E-state index < -0.39 is 0 Å². The lowest BCUT2D eigenvalue weighted by Crippen LogP contribution is -2.49. The van der Waals surface area contributed by atoms with Gasteiger partial charge in [-0.05, 0) is 12.1 Å². The third-order valence-corrected chi connectivity index (χ3v) is 4.94. The molecule has 1 aliphatic heterocycles. The molecule has 8 nitrogen and oxygen atoms in total. The summed E-state index contributed by atoms with van der Waals surface area (Å²) < 4.78 is 2.05. The summed E-state index contributed by atoms with van der Waals surface area (Å²) in [6, 6.07) is 3.92. The molecule has 3 aromatic heterocycles. The van der Waals surface area contributed by atoms with Crippen molar-refractivity contribution in [2.24, 2.45) is 7.05 Å². The number of hydrogen-bond donors (Lipinski definition) is 2.